The molecule has 1 saturated heterocycles. The van der Waals surface area contributed by atoms with E-state index in [1.54, 1.807) is 0 Å². The van der Waals surface area contributed by atoms with Gasteiger partial charge in [-0.2, -0.15) is 5.26 Å². The average Bonchev–Trinajstić information content (AvgIpc) is 3.56. The van der Waals surface area contributed by atoms with Crippen LogP contribution < -0.4 is 5.32 Å². The van der Waals surface area contributed by atoms with Crippen molar-refractivity contribution >= 4 is 5.91 Å². The Morgan fingerprint density at radius 2 is 1.77 bits per heavy atom. The lowest BCUT2D eigenvalue weighted by molar-refractivity contribution is -0.137. The predicted octanol–water partition coefficient (Wildman–Crippen LogP) is 2.09. The van der Waals surface area contributed by atoms with Gasteiger partial charge in [0, 0.05) is 24.9 Å². The van der Waals surface area contributed by atoms with Gasteiger partial charge in [0.15, 0.2) is 0 Å². The Kier molecular flexibility index (Phi) is 6.44. The van der Waals surface area contributed by atoms with Gasteiger partial charge in [0.05, 0.1) is 37.8 Å². The molecule has 6 heteroatoms. The van der Waals surface area contributed by atoms with Crippen LogP contribution in [-0.2, 0) is 9.53 Å². The lowest BCUT2D eigenvalue weighted by Gasteiger charge is -2.27. The van der Waals surface area contributed by atoms with Crippen molar-refractivity contribution in [2.75, 3.05) is 32.9 Å². The second-order valence-corrected chi connectivity index (χ2v) is 7.90. The minimum absolute atomic E-state index is 0.00573. The van der Waals surface area contributed by atoms with E-state index in [9.17, 15) is 15.2 Å². The molecule has 156 valence electrons. The summed E-state index contributed by atoms with van der Waals surface area (Å²) < 4.78 is 5.39. The molecule has 0 bridgehead atoms. The third-order valence-corrected chi connectivity index (χ3v) is 6.16. The average molecular weight is 405 g/mol. The molecule has 1 amide bonds. The standard InChI is InChI=1S/C24H27N3O3/c25-15-19(26-20(16-28)17-7-3-1-4-8-17)22-21(18-9-5-2-6-10-18)23(22)24(29)27-11-13-30-14-12-27/h1-10,19-23,26,28H,11-14,16H2/t19-,20+,21-,22+,23-/m0/s1. The van der Waals surface area contributed by atoms with Gasteiger partial charge in [0.2, 0.25) is 5.91 Å². The molecular weight excluding hydrogens is 378 g/mol. The first kappa shape index (κ1) is 20.5. The van der Waals surface area contributed by atoms with E-state index < -0.39 is 6.04 Å². The van der Waals surface area contributed by atoms with Crippen LogP contribution in [0.2, 0.25) is 0 Å². The summed E-state index contributed by atoms with van der Waals surface area (Å²) in [5.74, 6) is -0.281. The van der Waals surface area contributed by atoms with Crippen molar-refractivity contribution in [1.82, 2.24) is 10.2 Å². The molecule has 1 saturated carbocycles. The minimum Gasteiger partial charge on any atom is -0.394 e. The molecule has 4 rings (SSSR count). The van der Waals surface area contributed by atoms with Crippen LogP contribution in [-0.4, -0.2) is 54.9 Å². The Hall–Kier alpha value is -2.72. The number of hydrogen-bond donors (Lipinski definition) is 2. The summed E-state index contributed by atoms with van der Waals surface area (Å²) in [4.78, 5) is 15.1. The van der Waals surface area contributed by atoms with Crippen molar-refractivity contribution in [1.29, 1.82) is 5.26 Å². The van der Waals surface area contributed by atoms with Crippen LogP contribution >= 0.6 is 0 Å². The van der Waals surface area contributed by atoms with Crippen molar-refractivity contribution < 1.29 is 14.6 Å². The van der Waals surface area contributed by atoms with Crippen molar-refractivity contribution in [3.63, 3.8) is 0 Å². The van der Waals surface area contributed by atoms with Crippen molar-refractivity contribution in [3.05, 3.63) is 71.8 Å². The maximum Gasteiger partial charge on any atom is 0.226 e. The summed E-state index contributed by atoms with van der Waals surface area (Å²) in [5.41, 5.74) is 2.00. The molecule has 0 unspecified atom stereocenters. The van der Waals surface area contributed by atoms with Gasteiger partial charge in [-0.15, -0.1) is 0 Å². The highest BCUT2D eigenvalue weighted by Crippen LogP contribution is 2.56. The number of rotatable bonds is 7. The Balaban J connectivity index is 1.56. The number of amides is 1. The molecule has 2 aromatic carbocycles. The highest BCUT2D eigenvalue weighted by Gasteiger charge is 2.60. The lowest BCUT2D eigenvalue weighted by atomic mass is 10.0. The number of carbonyl (C=O) groups excluding carboxylic acids is 1. The van der Waals surface area contributed by atoms with Crippen LogP contribution in [0.3, 0.4) is 0 Å². The van der Waals surface area contributed by atoms with E-state index in [0.717, 1.165) is 11.1 Å². The molecule has 0 spiro atoms. The quantitative estimate of drug-likeness (QED) is 0.737. The topological polar surface area (TPSA) is 85.6 Å². The van der Waals surface area contributed by atoms with Gasteiger partial charge < -0.3 is 14.7 Å². The summed E-state index contributed by atoms with van der Waals surface area (Å²) >= 11 is 0. The number of nitrogens with one attached hydrogen (secondary N) is 1. The van der Waals surface area contributed by atoms with Gasteiger partial charge in [-0.3, -0.25) is 10.1 Å². The number of nitrogens with zero attached hydrogens (tertiary/aromatic N) is 2. The first-order chi connectivity index (χ1) is 14.7. The highest BCUT2D eigenvalue weighted by atomic mass is 16.5. The van der Waals surface area contributed by atoms with Crippen LogP contribution in [0.1, 0.15) is 23.1 Å². The molecule has 30 heavy (non-hydrogen) atoms. The number of carbonyl (C=O) groups is 1. The first-order valence-corrected chi connectivity index (χ1v) is 10.5. The fourth-order valence-electron chi connectivity index (χ4n) is 4.56. The number of ether oxygens (including phenoxy) is 1. The van der Waals surface area contributed by atoms with Crippen LogP contribution in [0.15, 0.2) is 60.7 Å². The van der Waals surface area contributed by atoms with E-state index in [-0.39, 0.29) is 36.3 Å². The van der Waals surface area contributed by atoms with Gasteiger partial charge in [0.25, 0.3) is 0 Å². The second kappa shape index (κ2) is 9.40. The van der Waals surface area contributed by atoms with E-state index in [4.69, 9.17) is 4.74 Å². The Bertz CT molecular complexity index is 878. The number of nitriles is 1. The summed E-state index contributed by atoms with van der Waals surface area (Å²) in [7, 11) is 0. The highest BCUT2D eigenvalue weighted by molar-refractivity contribution is 5.84. The Labute approximate surface area is 177 Å². The molecule has 6 nitrogen and oxygen atoms in total. The van der Waals surface area contributed by atoms with E-state index in [2.05, 4.69) is 11.4 Å². The molecule has 2 fully saturated rings. The smallest absolute Gasteiger partial charge is 0.226 e. The number of aliphatic hydroxyl groups excluding tert-OH is 1. The molecule has 0 radical (unpaired) electrons. The van der Waals surface area contributed by atoms with Gasteiger partial charge in [-0.1, -0.05) is 60.7 Å². The largest absolute Gasteiger partial charge is 0.394 e. The fraction of sp³-hybridized carbons (Fsp3) is 0.417. The zero-order valence-electron chi connectivity index (χ0n) is 16.9. The maximum absolute atomic E-state index is 13.3. The van der Waals surface area contributed by atoms with E-state index in [0.29, 0.717) is 26.3 Å². The number of hydrogen-bond acceptors (Lipinski definition) is 5. The second-order valence-electron chi connectivity index (χ2n) is 7.90. The van der Waals surface area contributed by atoms with Gasteiger partial charge in [-0.05, 0) is 11.1 Å². The normalized spacial score (nSPS) is 25.2. The molecule has 2 N–H and O–H groups in total. The zero-order chi connectivity index (χ0) is 20.9. The van der Waals surface area contributed by atoms with E-state index in [1.165, 1.54) is 0 Å². The van der Waals surface area contributed by atoms with Crippen molar-refractivity contribution in [3.8, 4) is 6.07 Å². The van der Waals surface area contributed by atoms with Crippen LogP contribution in [0, 0.1) is 23.2 Å². The zero-order valence-corrected chi connectivity index (χ0v) is 16.9. The molecule has 1 aliphatic heterocycles. The number of aliphatic hydroxyl groups is 1. The molecule has 0 aromatic heterocycles. The van der Waals surface area contributed by atoms with Gasteiger partial charge in [0.1, 0.15) is 6.04 Å². The van der Waals surface area contributed by atoms with Crippen LogP contribution in [0.4, 0.5) is 0 Å². The summed E-state index contributed by atoms with van der Waals surface area (Å²) in [5, 5.41) is 23.2. The summed E-state index contributed by atoms with van der Waals surface area (Å²) in [6.45, 7) is 2.18. The van der Waals surface area contributed by atoms with Crippen molar-refractivity contribution in [2.24, 2.45) is 11.8 Å². The number of morpholine rings is 1. The molecule has 2 aromatic rings. The van der Waals surface area contributed by atoms with Gasteiger partial charge >= 0.3 is 0 Å². The lowest BCUT2D eigenvalue weighted by Crippen LogP contribution is -2.43. The Morgan fingerprint density at radius 1 is 1.13 bits per heavy atom. The third kappa shape index (κ3) is 4.24. The molecule has 5 atom stereocenters. The number of benzene rings is 2. The molecule has 1 aliphatic carbocycles. The van der Waals surface area contributed by atoms with E-state index >= 15 is 0 Å². The van der Waals surface area contributed by atoms with Crippen LogP contribution in [0.25, 0.3) is 0 Å². The molecule has 2 aliphatic rings. The summed E-state index contributed by atoms with van der Waals surface area (Å²) in [6, 6.07) is 21.0. The minimum atomic E-state index is -0.539. The Morgan fingerprint density at radius 3 is 2.37 bits per heavy atom. The van der Waals surface area contributed by atoms with Crippen molar-refractivity contribution in [2.45, 2.75) is 18.0 Å². The predicted molar refractivity (Wildman–Crippen MR) is 112 cm³/mol. The summed E-state index contributed by atoms with van der Waals surface area (Å²) in [6.07, 6.45) is 0. The third-order valence-electron chi connectivity index (χ3n) is 6.16. The maximum atomic E-state index is 13.3. The molecular formula is C24H27N3O3. The fourth-order valence-corrected chi connectivity index (χ4v) is 4.56. The monoisotopic (exact) mass is 405 g/mol. The van der Waals surface area contributed by atoms with E-state index in [1.807, 2.05) is 65.6 Å². The van der Waals surface area contributed by atoms with Gasteiger partial charge in [-0.25, -0.2) is 0 Å². The van der Waals surface area contributed by atoms with Crippen LogP contribution in [0.5, 0.6) is 0 Å². The SMILES string of the molecule is N#C[C@H](N[C@H](CO)c1ccccc1)[C@H]1[C@@H](C(=O)N2CCOCC2)[C@H]1c1ccccc1. The molecule has 1 heterocycles. The first-order valence-electron chi connectivity index (χ1n) is 10.5.